The molecule has 0 aliphatic heterocycles. The number of aromatic nitrogens is 6. The lowest BCUT2D eigenvalue weighted by Crippen LogP contribution is -2.26. The van der Waals surface area contributed by atoms with Gasteiger partial charge in [0.2, 0.25) is 5.95 Å². The number of anilines is 2. The van der Waals surface area contributed by atoms with Crippen LogP contribution >= 0.6 is 0 Å². The molecule has 2 aromatic carbocycles. The summed E-state index contributed by atoms with van der Waals surface area (Å²) < 4.78 is 3.42. The van der Waals surface area contributed by atoms with Gasteiger partial charge in [0.1, 0.15) is 11.3 Å². The van der Waals surface area contributed by atoms with Gasteiger partial charge in [-0.15, -0.1) is 0 Å². The van der Waals surface area contributed by atoms with Crippen molar-refractivity contribution in [1.82, 2.24) is 29.1 Å². The molecule has 0 aliphatic rings. The first kappa shape index (κ1) is 18.7. The number of aryl methyl sites for hydroxylation is 2. The number of rotatable bonds is 3. The van der Waals surface area contributed by atoms with Crippen LogP contribution in [0.1, 0.15) is 17.0 Å². The van der Waals surface area contributed by atoms with Crippen LogP contribution in [0.4, 0.5) is 11.8 Å². The molecule has 0 bridgehead atoms. The summed E-state index contributed by atoms with van der Waals surface area (Å²) in [5, 5.41) is 0.598. The van der Waals surface area contributed by atoms with Gasteiger partial charge in [-0.2, -0.15) is 9.97 Å². The Morgan fingerprint density at radius 1 is 0.935 bits per heavy atom. The smallest absolute Gasteiger partial charge is 0.266 e. The molecule has 154 valence electrons. The normalized spacial score (nSPS) is 11.4. The Morgan fingerprint density at radius 3 is 2.52 bits per heavy atom. The maximum Gasteiger partial charge on any atom is 0.266 e. The lowest BCUT2D eigenvalue weighted by molar-refractivity contribution is 0.717. The zero-order valence-electron chi connectivity index (χ0n) is 17.1. The number of nitrogens with zero attached hydrogens (tertiary/aromatic N) is 6. The largest absolute Gasteiger partial charge is 0.382 e. The number of hydrogen-bond acceptors (Lipinski definition) is 7. The summed E-state index contributed by atoms with van der Waals surface area (Å²) in [4.78, 5) is 31.1. The minimum absolute atomic E-state index is 0.0603. The fraction of sp³-hybridized carbons (Fsp3) is 0.136. The minimum atomic E-state index is -0.120. The van der Waals surface area contributed by atoms with E-state index in [4.69, 9.17) is 16.5 Å². The number of benzene rings is 2. The highest BCUT2D eigenvalue weighted by Gasteiger charge is 2.18. The molecule has 0 radical (unpaired) electrons. The summed E-state index contributed by atoms with van der Waals surface area (Å²) in [5.41, 5.74) is 15.8. The molecule has 4 N–H and O–H groups in total. The third-order valence-electron chi connectivity index (χ3n) is 5.35. The molecule has 0 aliphatic carbocycles. The van der Waals surface area contributed by atoms with Gasteiger partial charge in [0.25, 0.3) is 5.56 Å². The fourth-order valence-electron chi connectivity index (χ4n) is 3.86. The molecule has 0 unspecified atom stereocenters. The average molecular weight is 412 g/mol. The molecule has 0 atom stereocenters. The van der Waals surface area contributed by atoms with Crippen molar-refractivity contribution < 1.29 is 0 Å². The predicted octanol–water partition coefficient (Wildman–Crippen LogP) is 2.35. The second-order valence-electron chi connectivity index (χ2n) is 7.44. The first-order valence-corrected chi connectivity index (χ1v) is 9.75. The van der Waals surface area contributed by atoms with E-state index in [-0.39, 0.29) is 23.9 Å². The van der Waals surface area contributed by atoms with Gasteiger partial charge in [-0.25, -0.2) is 9.97 Å². The molecule has 0 saturated heterocycles. The highest BCUT2D eigenvalue weighted by molar-refractivity contribution is 5.83. The number of nitrogen functional groups attached to an aromatic ring is 2. The van der Waals surface area contributed by atoms with Crippen molar-refractivity contribution in [2.45, 2.75) is 20.4 Å². The molecule has 0 amide bonds. The molecular weight excluding hydrogens is 392 g/mol. The maximum absolute atomic E-state index is 13.7. The summed E-state index contributed by atoms with van der Waals surface area (Å²) >= 11 is 0. The van der Waals surface area contributed by atoms with Crippen molar-refractivity contribution in [3.63, 3.8) is 0 Å². The molecule has 9 nitrogen and oxygen atoms in total. The van der Waals surface area contributed by atoms with E-state index >= 15 is 0 Å². The molecule has 31 heavy (non-hydrogen) atoms. The van der Waals surface area contributed by atoms with E-state index in [1.807, 2.05) is 56.3 Å². The molecule has 0 spiro atoms. The van der Waals surface area contributed by atoms with E-state index in [0.717, 1.165) is 16.8 Å². The van der Waals surface area contributed by atoms with Crippen LogP contribution in [0, 0.1) is 13.8 Å². The SMILES string of the molecule is Cc1ccccc1-n1c(Cn2cnc3c(N)nc(N)nc32)nc2cccc(C)c2c1=O. The summed E-state index contributed by atoms with van der Waals surface area (Å²) in [7, 11) is 0. The highest BCUT2D eigenvalue weighted by Crippen LogP contribution is 2.21. The zero-order chi connectivity index (χ0) is 21.7. The number of hydrogen-bond donors (Lipinski definition) is 2. The summed E-state index contributed by atoms with van der Waals surface area (Å²) in [6, 6.07) is 13.4. The molecule has 9 heteroatoms. The first-order chi connectivity index (χ1) is 14.9. The van der Waals surface area contributed by atoms with Gasteiger partial charge in [-0.3, -0.25) is 9.36 Å². The third kappa shape index (κ3) is 2.98. The van der Waals surface area contributed by atoms with Crippen LogP contribution in [-0.2, 0) is 6.54 Å². The Kier molecular flexibility index (Phi) is 4.18. The molecule has 3 aromatic heterocycles. The van der Waals surface area contributed by atoms with Gasteiger partial charge in [-0.05, 0) is 37.1 Å². The minimum Gasteiger partial charge on any atom is -0.382 e. The summed E-state index contributed by atoms with van der Waals surface area (Å²) in [6.45, 7) is 4.13. The molecule has 3 heterocycles. The van der Waals surface area contributed by atoms with E-state index < -0.39 is 0 Å². The van der Waals surface area contributed by atoms with Crippen molar-refractivity contribution in [1.29, 1.82) is 0 Å². The standard InChI is InChI=1S/C22H20N8O/c1-12-6-3-4-9-15(12)30-16(26-14-8-5-7-13(2)17(14)21(30)31)10-29-11-25-18-19(23)27-22(24)28-20(18)29/h3-9,11H,10H2,1-2H3,(H4,23,24,27,28). The van der Waals surface area contributed by atoms with Crippen LogP contribution in [0.2, 0.25) is 0 Å². The molecular formula is C22H20N8O. The first-order valence-electron chi connectivity index (χ1n) is 9.75. The second kappa shape index (κ2) is 6.91. The molecule has 5 aromatic rings. The van der Waals surface area contributed by atoms with Crippen LogP contribution in [0.25, 0.3) is 27.8 Å². The van der Waals surface area contributed by atoms with Gasteiger partial charge in [0.15, 0.2) is 11.5 Å². The molecule has 5 rings (SSSR count). The van der Waals surface area contributed by atoms with Crippen molar-refractivity contribution in [2.24, 2.45) is 0 Å². The number of imidazole rings is 1. The van der Waals surface area contributed by atoms with Crippen molar-refractivity contribution >= 4 is 33.8 Å². The Bertz CT molecular complexity index is 1530. The second-order valence-corrected chi connectivity index (χ2v) is 7.44. The van der Waals surface area contributed by atoms with Crippen molar-refractivity contribution in [2.75, 3.05) is 11.5 Å². The average Bonchev–Trinajstić information content (AvgIpc) is 3.12. The van der Waals surface area contributed by atoms with Crippen LogP contribution < -0.4 is 17.0 Å². The highest BCUT2D eigenvalue weighted by atomic mass is 16.1. The monoisotopic (exact) mass is 412 g/mol. The lowest BCUT2D eigenvalue weighted by Gasteiger charge is -2.16. The Morgan fingerprint density at radius 2 is 1.71 bits per heavy atom. The molecule has 0 fully saturated rings. The Labute approximate surface area is 177 Å². The maximum atomic E-state index is 13.7. The van der Waals surface area contributed by atoms with E-state index in [2.05, 4.69) is 15.0 Å². The van der Waals surface area contributed by atoms with Crippen LogP contribution in [-0.4, -0.2) is 29.1 Å². The summed E-state index contributed by atoms with van der Waals surface area (Å²) in [5.74, 6) is 0.817. The van der Waals surface area contributed by atoms with E-state index in [1.165, 1.54) is 0 Å². The Hall–Kier alpha value is -4.27. The van der Waals surface area contributed by atoms with Crippen LogP contribution in [0.15, 0.2) is 53.6 Å². The fourth-order valence-corrected chi connectivity index (χ4v) is 3.86. The van der Waals surface area contributed by atoms with Gasteiger partial charge in [-0.1, -0.05) is 30.3 Å². The topological polar surface area (TPSA) is 131 Å². The van der Waals surface area contributed by atoms with Gasteiger partial charge >= 0.3 is 0 Å². The van der Waals surface area contributed by atoms with Crippen molar-refractivity contribution in [3.8, 4) is 5.69 Å². The van der Waals surface area contributed by atoms with Gasteiger partial charge in [0.05, 0.1) is 29.5 Å². The number of para-hydroxylation sites is 1. The number of fused-ring (bicyclic) bond motifs is 2. The molecule has 0 saturated carbocycles. The van der Waals surface area contributed by atoms with Crippen LogP contribution in [0.5, 0.6) is 0 Å². The van der Waals surface area contributed by atoms with Crippen LogP contribution in [0.3, 0.4) is 0 Å². The Balaban J connectivity index is 1.80. The van der Waals surface area contributed by atoms with Crippen molar-refractivity contribution in [3.05, 3.63) is 76.1 Å². The quantitative estimate of drug-likeness (QED) is 0.465. The van der Waals surface area contributed by atoms with E-state index in [9.17, 15) is 4.79 Å². The lowest BCUT2D eigenvalue weighted by atomic mass is 10.1. The van der Waals surface area contributed by atoms with E-state index in [1.54, 1.807) is 15.5 Å². The predicted molar refractivity (Wildman–Crippen MR) is 120 cm³/mol. The third-order valence-corrected chi connectivity index (χ3v) is 5.35. The van der Waals surface area contributed by atoms with E-state index in [0.29, 0.717) is 27.9 Å². The zero-order valence-corrected chi connectivity index (χ0v) is 17.1. The number of nitrogens with two attached hydrogens (primary N) is 2. The van der Waals surface area contributed by atoms with Gasteiger partial charge in [0, 0.05) is 0 Å². The summed E-state index contributed by atoms with van der Waals surface area (Å²) in [6.07, 6.45) is 1.60. The van der Waals surface area contributed by atoms with Gasteiger partial charge < -0.3 is 16.0 Å².